The van der Waals surface area contributed by atoms with E-state index < -0.39 is 10.0 Å². The summed E-state index contributed by atoms with van der Waals surface area (Å²) in [5, 5.41) is 0.967. The molecule has 0 radical (unpaired) electrons. The molecule has 1 aliphatic rings. The normalized spacial score (nSPS) is 16.8. The molecular weight excluding hydrogens is 391 g/mol. The zero-order valence-corrected chi connectivity index (χ0v) is 16.8. The van der Waals surface area contributed by atoms with Crippen molar-refractivity contribution in [3.8, 4) is 11.1 Å². The molecule has 0 spiro atoms. The van der Waals surface area contributed by atoms with Gasteiger partial charge in [-0.1, -0.05) is 6.07 Å². The molecule has 1 saturated heterocycles. The van der Waals surface area contributed by atoms with Gasteiger partial charge in [0.05, 0.1) is 17.3 Å². The maximum atomic E-state index is 13.5. The third-order valence-electron chi connectivity index (χ3n) is 5.77. The van der Waals surface area contributed by atoms with Crippen molar-refractivity contribution in [2.75, 3.05) is 19.3 Å². The van der Waals surface area contributed by atoms with Crippen LogP contribution in [0.1, 0.15) is 24.6 Å². The highest BCUT2D eigenvalue weighted by Crippen LogP contribution is 2.33. The van der Waals surface area contributed by atoms with E-state index in [-0.39, 0.29) is 11.7 Å². The fourth-order valence-corrected chi connectivity index (χ4v) is 5.06. The summed E-state index contributed by atoms with van der Waals surface area (Å²) < 4.78 is 38.4. The molecule has 0 bridgehead atoms. The quantitative estimate of drug-likeness (QED) is 0.534. The number of aromatic amines is 2. The maximum absolute atomic E-state index is 13.5. The second-order valence-electron chi connectivity index (χ2n) is 7.68. The van der Waals surface area contributed by atoms with E-state index in [9.17, 15) is 12.8 Å². The Hall–Kier alpha value is -2.71. The summed E-state index contributed by atoms with van der Waals surface area (Å²) in [6, 6.07) is 10.8. The summed E-state index contributed by atoms with van der Waals surface area (Å²) in [5.41, 5.74) is 4.62. The summed E-state index contributed by atoms with van der Waals surface area (Å²) in [6.45, 7) is 1.05. The predicted octanol–water partition coefficient (Wildman–Crippen LogP) is 3.99. The van der Waals surface area contributed by atoms with Crippen LogP contribution in [0.25, 0.3) is 33.1 Å². The first-order valence-electron chi connectivity index (χ1n) is 9.60. The van der Waals surface area contributed by atoms with E-state index >= 15 is 0 Å². The van der Waals surface area contributed by atoms with Gasteiger partial charge < -0.3 is 9.97 Å². The van der Waals surface area contributed by atoms with E-state index in [0.29, 0.717) is 13.1 Å². The summed E-state index contributed by atoms with van der Waals surface area (Å²) in [7, 11) is -3.13. The van der Waals surface area contributed by atoms with Crippen molar-refractivity contribution in [3.05, 3.63) is 54.2 Å². The van der Waals surface area contributed by atoms with Crippen LogP contribution >= 0.6 is 0 Å². The summed E-state index contributed by atoms with van der Waals surface area (Å²) in [6.07, 6.45) is 4.66. The minimum Gasteiger partial charge on any atom is -0.360 e. The van der Waals surface area contributed by atoms with Crippen LogP contribution < -0.4 is 0 Å². The lowest BCUT2D eigenvalue weighted by Gasteiger charge is -2.29. The van der Waals surface area contributed by atoms with Crippen LogP contribution in [-0.2, 0) is 10.0 Å². The third-order valence-corrected chi connectivity index (χ3v) is 7.07. The Kier molecular flexibility index (Phi) is 4.22. The Morgan fingerprint density at radius 3 is 2.66 bits per heavy atom. The van der Waals surface area contributed by atoms with Gasteiger partial charge in [0, 0.05) is 41.7 Å². The standard InChI is InChI=1S/C21H21FN4O2S/c1-29(27,28)26-8-6-13(7-9-26)21-24-18-5-2-14(10-20(18)25-21)17-12-23-19-11-15(22)3-4-16(17)19/h2-5,10-13,23H,6-9H2,1H3,(H,24,25). The molecule has 150 valence electrons. The van der Waals surface area contributed by atoms with Crippen LogP contribution in [0.5, 0.6) is 0 Å². The van der Waals surface area contributed by atoms with Crippen LogP contribution in [0, 0.1) is 5.82 Å². The van der Waals surface area contributed by atoms with Crippen molar-refractivity contribution in [1.82, 2.24) is 19.3 Å². The Morgan fingerprint density at radius 1 is 1.10 bits per heavy atom. The molecule has 29 heavy (non-hydrogen) atoms. The van der Waals surface area contributed by atoms with Crippen LogP contribution in [0.4, 0.5) is 4.39 Å². The van der Waals surface area contributed by atoms with Gasteiger partial charge in [-0.05, 0) is 48.7 Å². The number of H-pyrrole nitrogens is 2. The zero-order chi connectivity index (χ0) is 20.2. The predicted molar refractivity (Wildman–Crippen MR) is 112 cm³/mol. The number of halogens is 1. The van der Waals surface area contributed by atoms with Gasteiger partial charge in [-0.25, -0.2) is 22.1 Å². The van der Waals surface area contributed by atoms with Gasteiger partial charge in [0.1, 0.15) is 11.6 Å². The molecule has 0 amide bonds. The van der Waals surface area contributed by atoms with Gasteiger partial charge in [0.15, 0.2) is 0 Å². The topological polar surface area (TPSA) is 81.8 Å². The number of nitrogens with zero attached hydrogens (tertiary/aromatic N) is 2. The average Bonchev–Trinajstić information content (AvgIpc) is 3.30. The minimum atomic E-state index is -3.13. The van der Waals surface area contributed by atoms with Gasteiger partial charge in [-0.3, -0.25) is 0 Å². The van der Waals surface area contributed by atoms with Crippen molar-refractivity contribution in [2.45, 2.75) is 18.8 Å². The number of rotatable bonds is 3. The number of hydrogen-bond donors (Lipinski definition) is 2. The third kappa shape index (κ3) is 3.32. The number of benzene rings is 2. The highest BCUT2D eigenvalue weighted by atomic mass is 32.2. The first-order valence-corrected chi connectivity index (χ1v) is 11.4. The van der Waals surface area contributed by atoms with Crippen molar-refractivity contribution in [1.29, 1.82) is 0 Å². The highest BCUT2D eigenvalue weighted by molar-refractivity contribution is 7.88. The molecule has 2 aromatic heterocycles. The zero-order valence-electron chi connectivity index (χ0n) is 15.9. The van der Waals surface area contributed by atoms with Crippen LogP contribution in [0.2, 0.25) is 0 Å². The molecule has 1 aliphatic heterocycles. The molecule has 1 fully saturated rings. The van der Waals surface area contributed by atoms with E-state index in [2.05, 4.69) is 9.97 Å². The van der Waals surface area contributed by atoms with E-state index in [0.717, 1.165) is 51.7 Å². The van der Waals surface area contributed by atoms with E-state index in [1.807, 2.05) is 24.4 Å². The van der Waals surface area contributed by atoms with Crippen LogP contribution in [-0.4, -0.2) is 47.0 Å². The molecular formula is C21H21FN4O2S. The molecule has 4 aromatic rings. The van der Waals surface area contributed by atoms with Crippen LogP contribution in [0.3, 0.4) is 0 Å². The molecule has 2 N–H and O–H groups in total. The van der Waals surface area contributed by atoms with E-state index in [1.54, 1.807) is 6.07 Å². The Balaban J connectivity index is 1.45. The highest BCUT2D eigenvalue weighted by Gasteiger charge is 2.27. The van der Waals surface area contributed by atoms with Gasteiger partial charge in [-0.15, -0.1) is 0 Å². The smallest absolute Gasteiger partial charge is 0.211 e. The van der Waals surface area contributed by atoms with E-state index in [4.69, 9.17) is 4.98 Å². The Labute approximate surface area is 167 Å². The monoisotopic (exact) mass is 412 g/mol. The fourth-order valence-electron chi connectivity index (χ4n) is 4.18. The van der Waals surface area contributed by atoms with Crippen molar-refractivity contribution in [3.63, 3.8) is 0 Å². The molecule has 3 heterocycles. The second-order valence-corrected chi connectivity index (χ2v) is 9.66. The summed E-state index contributed by atoms with van der Waals surface area (Å²) in [5.74, 6) is 0.867. The number of fused-ring (bicyclic) bond motifs is 2. The lowest BCUT2D eigenvalue weighted by atomic mass is 9.97. The summed E-state index contributed by atoms with van der Waals surface area (Å²) in [4.78, 5) is 11.3. The number of imidazole rings is 1. The number of nitrogens with one attached hydrogen (secondary N) is 2. The minimum absolute atomic E-state index is 0.222. The number of aromatic nitrogens is 3. The fraction of sp³-hybridized carbons (Fsp3) is 0.286. The first kappa shape index (κ1) is 18.3. The average molecular weight is 412 g/mol. The van der Waals surface area contributed by atoms with Crippen molar-refractivity contribution < 1.29 is 12.8 Å². The van der Waals surface area contributed by atoms with Crippen LogP contribution in [0.15, 0.2) is 42.6 Å². The molecule has 0 unspecified atom stereocenters. The molecule has 6 nitrogen and oxygen atoms in total. The molecule has 0 atom stereocenters. The molecule has 0 saturated carbocycles. The van der Waals surface area contributed by atoms with Gasteiger partial charge >= 0.3 is 0 Å². The van der Waals surface area contributed by atoms with Gasteiger partial charge in [-0.2, -0.15) is 0 Å². The number of sulfonamides is 1. The number of piperidine rings is 1. The molecule has 0 aliphatic carbocycles. The molecule has 5 rings (SSSR count). The second kappa shape index (κ2) is 6.67. The summed E-state index contributed by atoms with van der Waals surface area (Å²) >= 11 is 0. The van der Waals surface area contributed by atoms with Crippen molar-refractivity contribution in [2.24, 2.45) is 0 Å². The van der Waals surface area contributed by atoms with E-state index in [1.165, 1.54) is 22.7 Å². The molecule has 8 heteroatoms. The maximum Gasteiger partial charge on any atom is 0.211 e. The lowest BCUT2D eigenvalue weighted by molar-refractivity contribution is 0.316. The molecule has 2 aromatic carbocycles. The largest absolute Gasteiger partial charge is 0.360 e. The first-order chi connectivity index (χ1) is 13.9. The van der Waals surface area contributed by atoms with Gasteiger partial charge in [0.2, 0.25) is 10.0 Å². The van der Waals surface area contributed by atoms with Gasteiger partial charge in [0.25, 0.3) is 0 Å². The Morgan fingerprint density at radius 2 is 1.90 bits per heavy atom. The number of hydrogen-bond acceptors (Lipinski definition) is 3. The SMILES string of the molecule is CS(=O)(=O)N1CCC(c2nc3cc(-c4c[nH]c5cc(F)ccc45)ccc3[nH]2)CC1. The van der Waals surface area contributed by atoms with Crippen molar-refractivity contribution >= 4 is 32.0 Å². The lowest BCUT2D eigenvalue weighted by Crippen LogP contribution is -2.37. The Bertz CT molecular complexity index is 1320.